The van der Waals surface area contributed by atoms with Gasteiger partial charge in [0.2, 0.25) is 0 Å². The second-order valence-electron chi connectivity index (χ2n) is 3.05. The third kappa shape index (κ3) is 4.03. The number of hydrogen-bond acceptors (Lipinski definition) is 4. The normalized spacial score (nSPS) is 15.3. The largest absolute Gasteiger partial charge is 0.452 e. The Morgan fingerprint density at radius 2 is 2.25 bits per heavy atom. The van der Waals surface area contributed by atoms with Crippen molar-refractivity contribution in [3.8, 4) is 0 Å². The zero-order chi connectivity index (χ0) is 12.0. The first-order valence-corrected chi connectivity index (χ1v) is 4.71. The SMILES string of the molecule is CC(=O)/N=N/C(=O)OCCN1CCNC1=O. The molecule has 1 N–H and O–H groups in total. The molecule has 1 fully saturated rings. The van der Waals surface area contributed by atoms with Gasteiger partial charge in [-0.15, -0.1) is 5.11 Å². The molecule has 16 heavy (non-hydrogen) atoms. The van der Waals surface area contributed by atoms with Gasteiger partial charge in [-0.05, 0) is 0 Å². The minimum Gasteiger partial charge on any atom is -0.445 e. The second kappa shape index (κ2) is 5.79. The van der Waals surface area contributed by atoms with Crippen LogP contribution in [0.4, 0.5) is 9.59 Å². The van der Waals surface area contributed by atoms with Crippen LogP contribution in [0.3, 0.4) is 0 Å². The first-order valence-electron chi connectivity index (χ1n) is 4.71. The van der Waals surface area contributed by atoms with Crippen LogP contribution in [-0.4, -0.2) is 49.2 Å². The smallest absolute Gasteiger partial charge is 0.445 e. The predicted octanol–water partition coefficient (Wildman–Crippen LogP) is 0.147. The monoisotopic (exact) mass is 228 g/mol. The van der Waals surface area contributed by atoms with Gasteiger partial charge < -0.3 is 15.0 Å². The summed E-state index contributed by atoms with van der Waals surface area (Å²) in [6.45, 7) is 2.68. The molecule has 1 aliphatic rings. The fourth-order valence-electron chi connectivity index (χ4n) is 1.11. The highest BCUT2D eigenvalue weighted by Gasteiger charge is 2.18. The van der Waals surface area contributed by atoms with E-state index in [1.807, 2.05) is 0 Å². The zero-order valence-electron chi connectivity index (χ0n) is 8.80. The van der Waals surface area contributed by atoms with Gasteiger partial charge in [0.15, 0.2) is 0 Å². The maximum Gasteiger partial charge on any atom is 0.452 e. The van der Waals surface area contributed by atoms with Gasteiger partial charge in [-0.2, -0.15) is 0 Å². The molecule has 88 valence electrons. The molecule has 0 saturated carbocycles. The molecule has 0 aliphatic carbocycles. The lowest BCUT2D eigenvalue weighted by Crippen LogP contribution is -2.31. The van der Waals surface area contributed by atoms with E-state index >= 15 is 0 Å². The minimum absolute atomic E-state index is 0.0309. The van der Waals surface area contributed by atoms with Crippen LogP contribution in [0.25, 0.3) is 0 Å². The summed E-state index contributed by atoms with van der Waals surface area (Å²) in [5.41, 5.74) is 0. The van der Waals surface area contributed by atoms with Crippen LogP contribution >= 0.6 is 0 Å². The van der Waals surface area contributed by atoms with Crippen molar-refractivity contribution >= 4 is 18.0 Å². The summed E-state index contributed by atoms with van der Waals surface area (Å²) in [4.78, 5) is 33.8. The minimum atomic E-state index is -0.935. The number of rotatable bonds is 3. The van der Waals surface area contributed by atoms with Gasteiger partial charge in [-0.3, -0.25) is 4.79 Å². The van der Waals surface area contributed by atoms with Crippen molar-refractivity contribution in [2.75, 3.05) is 26.2 Å². The molecule has 1 heterocycles. The van der Waals surface area contributed by atoms with E-state index in [2.05, 4.69) is 20.3 Å². The van der Waals surface area contributed by atoms with Crippen molar-refractivity contribution in [2.45, 2.75) is 6.92 Å². The maximum atomic E-state index is 11.1. The molecule has 0 spiro atoms. The van der Waals surface area contributed by atoms with Crippen molar-refractivity contribution in [2.24, 2.45) is 10.2 Å². The van der Waals surface area contributed by atoms with Gasteiger partial charge in [-0.1, -0.05) is 5.11 Å². The highest BCUT2D eigenvalue weighted by molar-refractivity contribution is 5.77. The highest BCUT2D eigenvalue weighted by Crippen LogP contribution is 1.96. The quantitative estimate of drug-likeness (QED) is 0.694. The Kier molecular flexibility index (Phi) is 4.37. The molecular weight excluding hydrogens is 216 g/mol. The Labute approximate surface area is 91.6 Å². The third-order valence-corrected chi connectivity index (χ3v) is 1.80. The molecular formula is C8H12N4O4. The second-order valence-corrected chi connectivity index (χ2v) is 3.05. The van der Waals surface area contributed by atoms with Crippen LogP contribution in [0.5, 0.6) is 0 Å². The predicted molar refractivity (Wildman–Crippen MR) is 51.9 cm³/mol. The maximum absolute atomic E-state index is 11.1. The first kappa shape index (κ1) is 12.1. The molecule has 0 aromatic heterocycles. The molecule has 0 bridgehead atoms. The van der Waals surface area contributed by atoms with E-state index in [4.69, 9.17) is 0 Å². The summed E-state index contributed by atoms with van der Waals surface area (Å²) in [5.74, 6) is -0.573. The van der Waals surface area contributed by atoms with Crippen molar-refractivity contribution in [3.05, 3.63) is 0 Å². The van der Waals surface area contributed by atoms with Gasteiger partial charge in [0.1, 0.15) is 6.61 Å². The van der Waals surface area contributed by atoms with E-state index < -0.39 is 12.0 Å². The van der Waals surface area contributed by atoms with Gasteiger partial charge in [0, 0.05) is 20.0 Å². The first-order chi connectivity index (χ1) is 7.59. The third-order valence-electron chi connectivity index (χ3n) is 1.80. The molecule has 1 aliphatic heterocycles. The lowest BCUT2D eigenvalue weighted by Gasteiger charge is -2.12. The van der Waals surface area contributed by atoms with Crippen LogP contribution in [0.15, 0.2) is 10.2 Å². The number of carbonyl (C=O) groups is 3. The molecule has 0 aromatic rings. The summed E-state index contributed by atoms with van der Waals surface area (Å²) in [6, 6.07) is -0.179. The Balaban J connectivity index is 2.17. The van der Waals surface area contributed by atoms with E-state index in [9.17, 15) is 14.4 Å². The molecule has 0 atom stereocenters. The van der Waals surface area contributed by atoms with Crippen LogP contribution < -0.4 is 5.32 Å². The number of nitrogens with zero attached hydrogens (tertiary/aromatic N) is 3. The lowest BCUT2D eigenvalue weighted by molar-refractivity contribution is -0.116. The molecule has 0 unspecified atom stereocenters. The molecule has 0 aromatic carbocycles. The van der Waals surface area contributed by atoms with Crippen LogP contribution in [0.1, 0.15) is 6.92 Å². The molecule has 0 radical (unpaired) electrons. The highest BCUT2D eigenvalue weighted by atomic mass is 16.5. The number of urea groups is 1. The van der Waals surface area contributed by atoms with Gasteiger partial charge in [0.25, 0.3) is 5.91 Å². The van der Waals surface area contributed by atoms with E-state index in [0.29, 0.717) is 19.6 Å². The van der Waals surface area contributed by atoms with Crippen molar-refractivity contribution < 1.29 is 19.1 Å². The van der Waals surface area contributed by atoms with Crippen molar-refractivity contribution in [1.82, 2.24) is 10.2 Å². The zero-order valence-corrected chi connectivity index (χ0v) is 8.80. The molecule has 1 saturated heterocycles. The van der Waals surface area contributed by atoms with E-state index in [1.54, 1.807) is 0 Å². The van der Waals surface area contributed by atoms with Crippen LogP contribution in [0, 0.1) is 0 Å². The molecule has 4 amide bonds. The van der Waals surface area contributed by atoms with E-state index in [1.165, 1.54) is 11.8 Å². The van der Waals surface area contributed by atoms with E-state index in [-0.39, 0.29) is 12.6 Å². The molecule has 8 nitrogen and oxygen atoms in total. The van der Waals surface area contributed by atoms with Crippen LogP contribution in [-0.2, 0) is 9.53 Å². The number of ether oxygens (including phenoxy) is 1. The molecule has 1 rings (SSSR count). The van der Waals surface area contributed by atoms with Crippen molar-refractivity contribution in [3.63, 3.8) is 0 Å². The average molecular weight is 228 g/mol. The Morgan fingerprint density at radius 1 is 1.50 bits per heavy atom. The standard InChI is InChI=1S/C8H12N4O4/c1-6(13)10-11-8(15)16-5-4-12-3-2-9-7(12)14/h2-5H2,1H3,(H,9,14)/b11-10+. The summed E-state index contributed by atoms with van der Waals surface area (Å²) in [6.07, 6.45) is -0.935. The Hall–Kier alpha value is -1.99. The number of hydrogen-bond donors (Lipinski definition) is 1. The summed E-state index contributed by atoms with van der Waals surface area (Å²) in [7, 11) is 0. The van der Waals surface area contributed by atoms with Gasteiger partial charge in [-0.25, -0.2) is 9.59 Å². The Morgan fingerprint density at radius 3 is 2.81 bits per heavy atom. The number of carbonyl (C=O) groups excluding carboxylic acids is 3. The molecule has 8 heteroatoms. The van der Waals surface area contributed by atoms with Gasteiger partial charge in [0.05, 0.1) is 6.54 Å². The topological polar surface area (TPSA) is 100 Å². The fourth-order valence-corrected chi connectivity index (χ4v) is 1.11. The number of azo groups is 1. The van der Waals surface area contributed by atoms with Crippen LogP contribution in [0.2, 0.25) is 0 Å². The summed E-state index contributed by atoms with van der Waals surface area (Å²) < 4.78 is 4.63. The van der Waals surface area contributed by atoms with E-state index in [0.717, 1.165) is 0 Å². The van der Waals surface area contributed by atoms with Gasteiger partial charge >= 0.3 is 12.1 Å². The van der Waals surface area contributed by atoms with Crippen molar-refractivity contribution in [1.29, 1.82) is 0 Å². The lowest BCUT2D eigenvalue weighted by atomic mass is 10.5. The average Bonchev–Trinajstić information content (AvgIpc) is 2.61. The number of nitrogens with one attached hydrogen (secondary N) is 1. The Bertz CT molecular complexity index is 328. The number of amides is 4. The fraction of sp³-hybridized carbons (Fsp3) is 0.625. The summed E-state index contributed by atoms with van der Waals surface area (Å²) in [5, 5.41) is 8.62. The summed E-state index contributed by atoms with van der Waals surface area (Å²) >= 11 is 0.